The SMILES string of the molecule is Cl.O=C(c1ccccc1)C1CCN(C(=O)C2CCNCC2)CC1. The summed E-state index contributed by atoms with van der Waals surface area (Å²) in [4.78, 5) is 27.0. The van der Waals surface area contributed by atoms with Crippen molar-refractivity contribution in [2.24, 2.45) is 11.8 Å². The molecule has 0 bridgehead atoms. The standard InChI is InChI=1S/C18H24N2O2.ClH/c21-17(14-4-2-1-3-5-14)15-8-12-20(13-9-15)18(22)16-6-10-19-11-7-16;/h1-5,15-16,19H,6-13H2;1H. The van der Waals surface area contributed by atoms with Crippen molar-refractivity contribution in [1.82, 2.24) is 10.2 Å². The Balaban J connectivity index is 0.00000192. The van der Waals surface area contributed by atoms with Crippen LogP contribution >= 0.6 is 12.4 Å². The van der Waals surface area contributed by atoms with Crippen LogP contribution in [0.1, 0.15) is 36.0 Å². The van der Waals surface area contributed by atoms with Crippen LogP contribution in [0.15, 0.2) is 30.3 Å². The lowest BCUT2D eigenvalue weighted by molar-refractivity contribution is -0.137. The smallest absolute Gasteiger partial charge is 0.225 e. The molecular formula is C18H25ClN2O2. The highest BCUT2D eigenvalue weighted by Crippen LogP contribution is 2.24. The molecule has 2 saturated heterocycles. The summed E-state index contributed by atoms with van der Waals surface area (Å²) in [6.07, 6.45) is 3.48. The van der Waals surface area contributed by atoms with Crippen molar-refractivity contribution in [1.29, 1.82) is 0 Å². The molecule has 4 nitrogen and oxygen atoms in total. The van der Waals surface area contributed by atoms with Gasteiger partial charge in [0.05, 0.1) is 0 Å². The molecule has 0 aromatic heterocycles. The van der Waals surface area contributed by atoms with Crippen LogP contribution in [0.4, 0.5) is 0 Å². The number of nitrogens with one attached hydrogen (secondary N) is 1. The molecule has 0 atom stereocenters. The Labute approximate surface area is 144 Å². The summed E-state index contributed by atoms with van der Waals surface area (Å²) in [6, 6.07) is 9.51. The van der Waals surface area contributed by atoms with Crippen LogP contribution in [-0.4, -0.2) is 42.8 Å². The van der Waals surface area contributed by atoms with E-state index < -0.39 is 0 Å². The zero-order valence-corrected chi connectivity index (χ0v) is 14.2. The minimum Gasteiger partial charge on any atom is -0.342 e. The van der Waals surface area contributed by atoms with Gasteiger partial charge in [0.15, 0.2) is 5.78 Å². The van der Waals surface area contributed by atoms with Gasteiger partial charge in [0.25, 0.3) is 0 Å². The van der Waals surface area contributed by atoms with E-state index in [0.717, 1.165) is 57.4 Å². The number of hydrogen-bond acceptors (Lipinski definition) is 3. The van der Waals surface area contributed by atoms with Gasteiger partial charge < -0.3 is 10.2 Å². The fourth-order valence-electron chi connectivity index (χ4n) is 3.53. The van der Waals surface area contributed by atoms with Crippen LogP contribution in [0, 0.1) is 11.8 Å². The van der Waals surface area contributed by atoms with E-state index in [1.807, 2.05) is 35.2 Å². The summed E-state index contributed by atoms with van der Waals surface area (Å²) in [5.41, 5.74) is 0.797. The molecule has 23 heavy (non-hydrogen) atoms. The van der Waals surface area contributed by atoms with Crippen molar-refractivity contribution in [2.75, 3.05) is 26.2 Å². The fourth-order valence-corrected chi connectivity index (χ4v) is 3.53. The molecule has 2 aliphatic rings. The van der Waals surface area contributed by atoms with E-state index >= 15 is 0 Å². The van der Waals surface area contributed by atoms with Crippen LogP contribution in [0.2, 0.25) is 0 Å². The Kier molecular flexibility index (Phi) is 6.60. The van der Waals surface area contributed by atoms with Crippen molar-refractivity contribution < 1.29 is 9.59 Å². The van der Waals surface area contributed by atoms with E-state index in [1.165, 1.54) is 0 Å². The van der Waals surface area contributed by atoms with E-state index in [9.17, 15) is 9.59 Å². The van der Waals surface area contributed by atoms with Gasteiger partial charge in [-0.2, -0.15) is 0 Å². The number of amides is 1. The number of nitrogens with zero attached hydrogens (tertiary/aromatic N) is 1. The van der Waals surface area contributed by atoms with Gasteiger partial charge in [0, 0.05) is 30.5 Å². The summed E-state index contributed by atoms with van der Waals surface area (Å²) < 4.78 is 0. The first kappa shape index (κ1) is 18.0. The number of carbonyl (C=O) groups excluding carboxylic acids is 2. The lowest BCUT2D eigenvalue weighted by Gasteiger charge is -2.34. The molecule has 1 amide bonds. The zero-order chi connectivity index (χ0) is 15.4. The minimum absolute atomic E-state index is 0. The second-order valence-corrected chi connectivity index (χ2v) is 6.35. The van der Waals surface area contributed by atoms with Crippen LogP contribution in [-0.2, 0) is 4.79 Å². The predicted molar refractivity (Wildman–Crippen MR) is 92.9 cm³/mol. The molecule has 1 N–H and O–H groups in total. The average molecular weight is 337 g/mol. The number of halogens is 1. The van der Waals surface area contributed by atoms with Gasteiger partial charge in [-0.15, -0.1) is 12.4 Å². The van der Waals surface area contributed by atoms with Crippen LogP contribution in [0.5, 0.6) is 0 Å². The summed E-state index contributed by atoms with van der Waals surface area (Å²) in [7, 11) is 0. The summed E-state index contributed by atoms with van der Waals surface area (Å²) in [5.74, 6) is 0.781. The molecular weight excluding hydrogens is 312 g/mol. The molecule has 1 aromatic rings. The number of piperidine rings is 2. The Morgan fingerprint density at radius 1 is 0.913 bits per heavy atom. The highest BCUT2D eigenvalue weighted by Gasteiger charge is 2.31. The molecule has 2 aliphatic heterocycles. The van der Waals surface area contributed by atoms with E-state index in [1.54, 1.807) is 0 Å². The maximum atomic E-state index is 12.5. The highest BCUT2D eigenvalue weighted by molar-refractivity contribution is 5.98. The van der Waals surface area contributed by atoms with Crippen molar-refractivity contribution in [3.8, 4) is 0 Å². The Morgan fingerprint density at radius 3 is 2.13 bits per heavy atom. The summed E-state index contributed by atoms with van der Waals surface area (Å²) >= 11 is 0. The monoisotopic (exact) mass is 336 g/mol. The number of likely N-dealkylation sites (tertiary alicyclic amines) is 1. The van der Waals surface area contributed by atoms with Crippen LogP contribution in [0.25, 0.3) is 0 Å². The Morgan fingerprint density at radius 2 is 1.52 bits per heavy atom. The quantitative estimate of drug-likeness (QED) is 0.863. The molecule has 5 heteroatoms. The van der Waals surface area contributed by atoms with E-state index in [0.29, 0.717) is 5.91 Å². The average Bonchev–Trinajstić information content (AvgIpc) is 2.62. The van der Waals surface area contributed by atoms with E-state index in [2.05, 4.69) is 5.32 Å². The lowest BCUT2D eigenvalue weighted by atomic mass is 9.88. The molecule has 0 unspecified atom stereocenters. The molecule has 0 spiro atoms. The van der Waals surface area contributed by atoms with Gasteiger partial charge in [-0.25, -0.2) is 0 Å². The molecule has 1 aromatic carbocycles. The van der Waals surface area contributed by atoms with Crippen LogP contribution < -0.4 is 5.32 Å². The largest absolute Gasteiger partial charge is 0.342 e. The Hall–Kier alpha value is -1.39. The first-order valence-electron chi connectivity index (χ1n) is 8.34. The topological polar surface area (TPSA) is 49.4 Å². The van der Waals surface area contributed by atoms with Crippen LogP contribution in [0.3, 0.4) is 0 Å². The maximum absolute atomic E-state index is 12.5. The van der Waals surface area contributed by atoms with Gasteiger partial charge in [-0.1, -0.05) is 30.3 Å². The maximum Gasteiger partial charge on any atom is 0.225 e. The fraction of sp³-hybridized carbons (Fsp3) is 0.556. The normalized spacial score (nSPS) is 19.9. The molecule has 0 saturated carbocycles. The molecule has 126 valence electrons. The van der Waals surface area contributed by atoms with Crippen molar-refractivity contribution in [2.45, 2.75) is 25.7 Å². The number of rotatable bonds is 3. The van der Waals surface area contributed by atoms with Gasteiger partial charge in [0.1, 0.15) is 0 Å². The molecule has 2 fully saturated rings. The van der Waals surface area contributed by atoms with E-state index in [-0.39, 0.29) is 30.0 Å². The predicted octanol–water partition coefficient (Wildman–Crippen LogP) is 2.53. The lowest BCUT2D eigenvalue weighted by Crippen LogP contribution is -2.45. The second kappa shape index (κ2) is 8.46. The first-order chi connectivity index (χ1) is 10.8. The number of ketones is 1. The third-order valence-electron chi connectivity index (χ3n) is 4.92. The van der Waals surface area contributed by atoms with Crippen molar-refractivity contribution in [3.05, 3.63) is 35.9 Å². The third-order valence-corrected chi connectivity index (χ3v) is 4.92. The molecule has 2 heterocycles. The summed E-state index contributed by atoms with van der Waals surface area (Å²) in [6.45, 7) is 3.34. The van der Waals surface area contributed by atoms with Gasteiger partial charge in [-0.3, -0.25) is 9.59 Å². The van der Waals surface area contributed by atoms with E-state index in [4.69, 9.17) is 0 Å². The number of benzene rings is 1. The molecule has 3 rings (SSSR count). The number of hydrogen-bond donors (Lipinski definition) is 1. The highest BCUT2D eigenvalue weighted by atomic mass is 35.5. The zero-order valence-electron chi connectivity index (χ0n) is 13.4. The first-order valence-corrected chi connectivity index (χ1v) is 8.34. The third kappa shape index (κ3) is 4.33. The van der Waals surface area contributed by atoms with Gasteiger partial charge >= 0.3 is 0 Å². The van der Waals surface area contributed by atoms with Gasteiger partial charge in [-0.05, 0) is 38.8 Å². The molecule has 0 radical (unpaired) electrons. The number of Topliss-reactive ketones (excluding diaryl/α,β-unsaturated/α-hetero) is 1. The summed E-state index contributed by atoms with van der Waals surface area (Å²) in [5, 5.41) is 3.30. The van der Waals surface area contributed by atoms with Crippen molar-refractivity contribution >= 4 is 24.1 Å². The van der Waals surface area contributed by atoms with Crippen molar-refractivity contribution in [3.63, 3.8) is 0 Å². The minimum atomic E-state index is 0. The molecule has 0 aliphatic carbocycles. The number of carbonyl (C=O) groups is 2. The van der Waals surface area contributed by atoms with Gasteiger partial charge in [0.2, 0.25) is 5.91 Å². The Bertz CT molecular complexity index is 521. The second-order valence-electron chi connectivity index (χ2n) is 6.35.